The number of nitrogens with one attached hydrogen (secondary N) is 3. The molecule has 184 valence electrons. The Kier molecular flexibility index (Phi) is 5.93. The molecule has 0 unspecified atom stereocenters. The van der Waals surface area contributed by atoms with Gasteiger partial charge in [0.15, 0.2) is 0 Å². The van der Waals surface area contributed by atoms with Crippen LogP contribution in [0.1, 0.15) is 44.1 Å². The molecular formula is C22H28F2N6O3S. The molecule has 2 aliphatic rings. The number of hydrogen-bond acceptors (Lipinski definition) is 6. The van der Waals surface area contributed by atoms with E-state index in [1.165, 1.54) is 18.2 Å². The normalized spacial score (nSPS) is 25.7. The van der Waals surface area contributed by atoms with Crippen molar-refractivity contribution in [1.29, 1.82) is 0 Å². The summed E-state index contributed by atoms with van der Waals surface area (Å²) in [7, 11) is -3.27. The second-order valence-corrected chi connectivity index (χ2v) is 12.6. The summed E-state index contributed by atoms with van der Waals surface area (Å²) in [4.78, 5) is 24.6. The van der Waals surface area contributed by atoms with Crippen molar-refractivity contribution in [2.45, 2.75) is 56.2 Å². The van der Waals surface area contributed by atoms with Crippen molar-refractivity contribution in [2.24, 2.45) is 4.99 Å². The zero-order chi connectivity index (χ0) is 24.9. The maximum atomic E-state index is 15.2. The van der Waals surface area contributed by atoms with Crippen molar-refractivity contribution in [1.82, 2.24) is 20.0 Å². The van der Waals surface area contributed by atoms with E-state index in [9.17, 15) is 18.5 Å². The third-order valence-electron chi connectivity index (χ3n) is 6.75. The minimum Gasteiger partial charge on any atom is -0.465 e. The molecule has 0 aromatic carbocycles. The Morgan fingerprint density at radius 2 is 2.06 bits per heavy atom. The molecule has 1 amide bonds. The van der Waals surface area contributed by atoms with Crippen LogP contribution >= 0.6 is 0 Å². The molecule has 0 radical (unpaired) electrons. The Balaban J connectivity index is 1.76. The van der Waals surface area contributed by atoms with Crippen LogP contribution in [0.25, 0.3) is 0 Å². The Labute approximate surface area is 197 Å². The van der Waals surface area contributed by atoms with Crippen molar-refractivity contribution in [3.8, 4) is 0 Å². The summed E-state index contributed by atoms with van der Waals surface area (Å²) in [6.45, 7) is 7.38. The molecule has 2 aromatic heterocycles. The molecule has 0 bridgehead atoms. The van der Waals surface area contributed by atoms with Gasteiger partial charge >= 0.3 is 6.09 Å². The van der Waals surface area contributed by atoms with Crippen LogP contribution in [-0.2, 0) is 22.2 Å². The van der Waals surface area contributed by atoms with Crippen LogP contribution in [0.2, 0.25) is 0 Å². The van der Waals surface area contributed by atoms with E-state index in [-0.39, 0.29) is 18.1 Å². The lowest BCUT2D eigenvalue weighted by molar-refractivity contribution is 0.199. The summed E-state index contributed by atoms with van der Waals surface area (Å²) >= 11 is 0. The number of amidine groups is 1. The molecule has 34 heavy (non-hydrogen) atoms. The van der Waals surface area contributed by atoms with E-state index >= 15 is 4.39 Å². The van der Waals surface area contributed by atoms with Crippen LogP contribution in [0.5, 0.6) is 0 Å². The number of aryl methyl sites for hydroxylation is 1. The number of carboxylic acid groups (broad SMARTS) is 1. The number of aliphatic imine (C=N–C) groups is 1. The first-order valence-corrected chi connectivity index (χ1v) is 12.6. The highest BCUT2D eigenvalue weighted by molar-refractivity contribution is 8.04. The Morgan fingerprint density at radius 1 is 1.32 bits per heavy atom. The van der Waals surface area contributed by atoms with E-state index in [0.717, 1.165) is 6.20 Å². The van der Waals surface area contributed by atoms with Gasteiger partial charge in [-0.25, -0.2) is 18.6 Å². The fraction of sp³-hybridized carbons (Fsp3) is 0.455. The zero-order valence-electron chi connectivity index (χ0n) is 19.3. The molecule has 0 spiro atoms. The molecule has 4 heterocycles. The number of carbonyl (C=O) groups is 1. The number of anilines is 1. The first kappa shape index (κ1) is 24.1. The fourth-order valence-electron chi connectivity index (χ4n) is 4.80. The number of amides is 1. The standard InChI is InChI=1S/C22H28F2N6O3S/c1-12-9-13(23)10-25-15(12)11-26-17-6-5-14(24)18(28-17)22(4)16-7-8-27-34(16,33)21(2,3)19(30-22)29-20(31)32/h5-6,9-10,16,34H,7-8,11H2,1-4H3,(H,26,28)(H,27,33)(H,29,30)(H,31,32)/t16-,22-/m0/s1. The predicted molar refractivity (Wildman–Crippen MR) is 126 cm³/mol. The minimum absolute atomic E-state index is 0.00202. The average Bonchev–Trinajstić information content (AvgIpc) is 3.17. The van der Waals surface area contributed by atoms with Crippen molar-refractivity contribution >= 4 is 27.9 Å². The second-order valence-electron chi connectivity index (χ2n) is 9.27. The van der Waals surface area contributed by atoms with E-state index in [1.807, 2.05) is 0 Å². The van der Waals surface area contributed by atoms with E-state index in [0.29, 0.717) is 30.0 Å². The summed E-state index contributed by atoms with van der Waals surface area (Å²) in [5, 5.41) is 14.1. The van der Waals surface area contributed by atoms with Crippen molar-refractivity contribution in [3.63, 3.8) is 0 Å². The van der Waals surface area contributed by atoms with Crippen LogP contribution < -0.4 is 15.4 Å². The lowest BCUT2D eigenvalue weighted by atomic mass is 9.89. The minimum atomic E-state index is -3.27. The van der Waals surface area contributed by atoms with E-state index in [2.05, 4.69) is 30.3 Å². The third-order valence-corrected chi connectivity index (χ3v) is 11.0. The van der Waals surface area contributed by atoms with Crippen LogP contribution in [-0.4, -0.2) is 47.8 Å². The maximum absolute atomic E-state index is 15.2. The van der Waals surface area contributed by atoms with E-state index in [1.54, 1.807) is 27.7 Å². The zero-order valence-corrected chi connectivity index (χ0v) is 20.2. The Morgan fingerprint density at radius 3 is 2.74 bits per heavy atom. The predicted octanol–water partition coefficient (Wildman–Crippen LogP) is 2.64. The highest BCUT2D eigenvalue weighted by Gasteiger charge is 2.59. The molecule has 1 saturated heterocycles. The largest absolute Gasteiger partial charge is 0.465 e. The van der Waals surface area contributed by atoms with Crippen LogP contribution in [0.3, 0.4) is 0 Å². The van der Waals surface area contributed by atoms with Crippen LogP contribution in [0.4, 0.5) is 19.4 Å². The molecule has 2 atom stereocenters. The van der Waals surface area contributed by atoms with Gasteiger partial charge in [-0.05, 0) is 68.0 Å². The molecule has 0 saturated carbocycles. The molecule has 2 aromatic rings. The van der Waals surface area contributed by atoms with Gasteiger partial charge in [0.05, 0.1) is 28.4 Å². The third kappa shape index (κ3) is 3.84. The lowest BCUT2D eigenvalue weighted by Gasteiger charge is -2.50. The smallest absolute Gasteiger partial charge is 0.410 e. The number of hydrogen-bond donors (Lipinski definition) is 5. The summed E-state index contributed by atoms with van der Waals surface area (Å²) in [6.07, 6.45) is 0.247. The first-order chi connectivity index (χ1) is 15.9. The number of halogens is 2. The molecule has 12 heteroatoms. The summed E-state index contributed by atoms with van der Waals surface area (Å²) < 4.78 is 44.7. The van der Waals surface area contributed by atoms with Gasteiger partial charge in [-0.1, -0.05) is 0 Å². The molecule has 4 N–H and O–H groups in total. The fourth-order valence-corrected chi connectivity index (χ4v) is 8.46. The SMILES string of the molecule is Cc1cc(F)cnc1CNc1ccc(F)c([C@@]2(C)N=C(NC(=O)O)C(C)(C)[SH]3(=O)NCC[C@@H]23)n1. The highest BCUT2D eigenvalue weighted by atomic mass is 32.3. The summed E-state index contributed by atoms with van der Waals surface area (Å²) in [5.74, 6) is -0.741. The van der Waals surface area contributed by atoms with Gasteiger partial charge in [0, 0.05) is 6.54 Å². The number of thiol groups is 1. The van der Waals surface area contributed by atoms with Crippen LogP contribution in [0.15, 0.2) is 29.4 Å². The monoisotopic (exact) mass is 494 g/mol. The van der Waals surface area contributed by atoms with Gasteiger partial charge in [-0.15, -0.1) is 0 Å². The number of fused-ring (bicyclic) bond motifs is 1. The quantitative estimate of drug-likeness (QED) is 0.416. The highest BCUT2D eigenvalue weighted by Crippen LogP contribution is 2.48. The van der Waals surface area contributed by atoms with E-state index in [4.69, 9.17) is 0 Å². The van der Waals surface area contributed by atoms with Gasteiger partial charge < -0.3 is 10.4 Å². The number of aromatic nitrogens is 2. The molecule has 4 rings (SSSR count). The van der Waals surface area contributed by atoms with Gasteiger partial charge in [-0.3, -0.25) is 24.2 Å². The lowest BCUT2D eigenvalue weighted by Crippen LogP contribution is -2.66. The van der Waals surface area contributed by atoms with Gasteiger partial charge in [-0.2, -0.15) is 0 Å². The average molecular weight is 495 g/mol. The number of nitrogens with zero attached hydrogens (tertiary/aromatic N) is 3. The first-order valence-electron chi connectivity index (χ1n) is 10.9. The molecule has 0 aliphatic carbocycles. The van der Waals surface area contributed by atoms with Gasteiger partial charge in [0.25, 0.3) is 0 Å². The molecule has 1 fully saturated rings. The van der Waals surface area contributed by atoms with Crippen molar-refractivity contribution < 1.29 is 22.9 Å². The molecular weight excluding hydrogens is 466 g/mol. The Bertz CT molecular complexity index is 1240. The Hall–Kier alpha value is -2.99. The van der Waals surface area contributed by atoms with Crippen LogP contribution in [0, 0.1) is 18.6 Å². The number of pyridine rings is 2. The van der Waals surface area contributed by atoms with Gasteiger partial charge in [0.2, 0.25) is 0 Å². The molecule has 2 aliphatic heterocycles. The van der Waals surface area contributed by atoms with Crippen molar-refractivity contribution in [2.75, 3.05) is 11.9 Å². The van der Waals surface area contributed by atoms with Crippen molar-refractivity contribution in [3.05, 3.63) is 53.0 Å². The topological polar surface area (TPSA) is 129 Å². The summed E-state index contributed by atoms with van der Waals surface area (Å²) in [5.41, 5.74) is -0.146. The summed E-state index contributed by atoms with van der Waals surface area (Å²) in [6, 6.07) is 4.07. The maximum Gasteiger partial charge on any atom is 0.410 e. The molecule has 9 nitrogen and oxygen atoms in total. The van der Waals surface area contributed by atoms with Gasteiger partial charge in [0.1, 0.15) is 34.5 Å². The number of rotatable bonds is 4. The van der Waals surface area contributed by atoms with E-state index < -0.39 is 43.4 Å². The second kappa shape index (κ2) is 8.35.